The van der Waals surface area contributed by atoms with Crippen LogP contribution in [0.2, 0.25) is 0 Å². The Bertz CT molecular complexity index is 511. The molecule has 0 spiro atoms. The minimum Gasteiger partial charge on any atom is -0.311 e. The Morgan fingerprint density at radius 1 is 1.33 bits per heavy atom. The number of rotatable bonds is 6. The summed E-state index contributed by atoms with van der Waals surface area (Å²) in [5, 5.41) is 23.2. The predicted octanol–water partition coefficient (Wildman–Crippen LogP) is -0.243. The van der Waals surface area contributed by atoms with Crippen LogP contribution in [0.1, 0.15) is 37.3 Å². The van der Waals surface area contributed by atoms with Crippen molar-refractivity contribution in [2.75, 3.05) is 6.54 Å². The van der Waals surface area contributed by atoms with E-state index in [0.717, 1.165) is 24.6 Å². The van der Waals surface area contributed by atoms with Crippen molar-refractivity contribution in [1.82, 2.24) is 40.5 Å². The molecule has 1 N–H and O–H groups in total. The lowest BCUT2D eigenvalue weighted by Gasteiger charge is -2.01. The molecule has 2 heterocycles. The summed E-state index contributed by atoms with van der Waals surface area (Å²) < 4.78 is 3.67. The van der Waals surface area contributed by atoms with Crippen LogP contribution in [-0.2, 0) is 13.1 Å². The molecule has 1 saturated carbocycles. The van der Waals surface area contributed by atoms with Crippen molar-refractivity contribution in [1.29, 1.82) is 0 Å². The molecule has 0 radical (unpaired) electrons. The molecular formula is C10H16N8. The molecule has 1 aliphatic carbocycles. The average molecular weight is 248 g/mol. The maximum atomic E-state index is 4.10. The van der Waals surface area contributed by atoms with Crippen LogP contribution in [-0.4, -0.2) is 41.7 Å². The molecule has 2 aromatic rings. The first-order valence-corrected chi connectivity index (χ1v) is 6.23. The van der Waals surface area contributed by atoms with Crippen LogP contribution in [0.15, 0.2) is 6.20 Å². The van der Waals surface area contributed by atoms with Crippen LogP contribution in [0.5, 0.6) is 0 Å². The van der Waals surface area contributed by atoms with E-state index >= 15 is 0 Å². The first-order chi connectivity index (χ1) is 8.86. The summed E-state index contributed by atoms with van der Waals surface area (Å²) in [6.07, 6.45) is 4.26. The van der Waals surface area contributed by atoms with Crippen LogP contribution in [0, 0.1) is 0 Å². The number of aromatic nitrogens is 7. The average Bonchev–Trinajstić information content (AvgIpc) is 2.96. The molecule has 0 bridgehead atoms. The molecule has 0 unspecified atom stereocenters. The van der Waals surface area contributed by atoms with E-state index in [1.54, 1.807) is 4.68 Å². The molecule has 18 heavy (non-hydrogen) atoms. The van der Waals surface area contributed by atoms with Crippen molar-refractivity contribution < 1.29 is 0 Å². The molecule has 96 valence electrons. The number of nitrogens with one attached hydrogen (secondary N) is 1. The summed E-state index contributed by atoms with van der Waals surface area (Å²) in [5.74, 6) is 0.845. The Hall–Kier alpha value is -1.83. The molecule has 8 nitrogen and oxygen atoms in total. The van der Waals surface area contributed by atoms with E-state index in [2.05, 4.69) is 38.1 Å². The van der Waals surface area contributed by atoms with Crippen LogP contribution in [0.4, 0.5) is 0 Å². The second-order valence-corrected chi connectivity index (χ2v) is 4.46. The zero-order chi connectivity index (χ0) is 12.4. The first-order valence-electron chi connectivity index (χ1n) is 6.23. The zero-order valence-corrected chi connectivity index (χ0v) is 10.3. The fourth-order valence-corrected chi connectivity index (χ4v) is 1.81. The van der Waals surface area contributed by atoms with Crippen molar-refractivity contribution in [3.63, 3.8) is 0 Å². The van der Waals surface area contributed by atoms with Gasteiger partial charge < -0.3 is 5.32 Å². The molecule has 0 aromatic carbocycles. The lowest BCUT2D eigenvalue weighted by molar-refractivity contribution is 0.543. The largest absolute Gasteiger partial charge is 0.311 e. The molecule has 0 amide bonds. The van der Waals surface area contributed by atoms with Crippen LogP contribution >= 0.6 is 0 Å². The lowest BCUT2D eigenvalue weighted by Crippen LogP contribution is -2.12. The van der Waals surface area contributed by atoms with E-state index in [0.29, 0.717) is 12.6 Å². The number of tetrazole rings is 1. The van der Waals surface area contributed by atoms with Crippen molar-refractivity contribution in [3.05, 3.63) is 17.7 Å². The van der Waals surface area contributed by atoms with Gasteiger partial charge in [-0.15, -0.1) is 10.2 Å². The third kappa shape index (κ3) is 2.37. The van der Waals surface area contributed by atoms with Gasteiger partial charge in [0.25, 0.3) is 0 Å². The molecule has 1 aliphatic rings. The van der Waals surface area contributed by atoms with Crippen LogP contribution in [0.3, 0.4) is 0 Å². The maximum absolute atomic E-state index is 4.10. The van der Waals surface area contributed by atoms with E-state index in [1.807, 2.05) is 10.9 Å². The van der Waals surface area contributed by atoms with E-state index < -0.39 is 0 Å². The Labute approximate surface area is 104 Å². The second kappa shape index (κ2) is 4.81. The number of hydrogen-bond donors (Lipinski definition) is 1. The maximum Gasteiger partial charge on any atom is 0.173 e. The molecule has 0 saturated heterocycles. The minimum atomic E-state index is 0.486. The number of nitrogens with zero attached hydrogens (tertiary/aromatic N) is 7. The minimum absolute atomic E-state index is 0.486. The van der Waals surface area contributed by atoms with Gasteiger partial charge >= 0.3 is 0 Å². The van der Waals surface area contributed by atoms with Gasteiger partial charge in [-0.1, -0.05) is 12.1 Å². The third-order valence-corrected chi connectivity index (χ3v) is 2.90. The third-order valence-electron chi connectivity index (χ3n) is 2.90. The monoisotopic (exact) mass is 248 g/mol. The molecular weight excluding hydrogens is 232 g/mol. The zero-order valence-electron chi connectivity index (χ0n) is 10.3. The smallest absolute Gasteiger partial charge is 0.173 e. The van der Waals surface area contributed by atoms with E-state index in [4.69, 9.17) is 0 Å². The van der Waals surface area contributed by atoms with Gasteiger partial charge in [0.15, 0.2) is 5.82 Å². The lowest BCUT2D eigenvalue weighted by atomic mass is 10.4. The van der Waals surface area contributed by atoms with Crippen LogP contribution in [0.25, 0.3) is 0 Å². The molecule has 0 aliphatic heterocycles. The Kier molecular flexibility index (Phi) is 3.01. The summed E-state index contributed by atoms with van der Waals surface area (Å²) in [7, 11) is 0. The van der Waals surface area contributed by atoms with Gasteiger partial charge in [-0.25, -0.2) is 9.36 Å². The molecule has 8 heteroatoms. The molecule has 3 rings (SSSR count). The van der Waals surface area contributed by atoms with E-state index in [1.165, 1.54) is 12.8 Å². The number of hydrogen-bond acceptors (Lipinski definition) is 6. The molecule has 1 fully saturated rings. The summed E-state index contributed by atoms with van der Waals surface area (Å²) in [6, 6.07) is 0.486. The molecule has 0 atom stereocenters. The highest BCUT2D eigenvalue weighted by molar-refractivity contribution is 4.95. The summed E-state index contributed by atoms with van der Waals surface area (Å²) in [6.45, 7) is 4.30. The quantitative estimate of drug-likeness (QED) is 0.759. The van der Waals surface area contributed by atoms with Gasteiger partial charge in [-0.05, 0) is 29.8 Å². The van der Waals surface area contributed by atoms with Crippen molar-refractivity contribution >= 4 is 0 Å². The van der Waals surface area contributed by atoms with Gasteiger partial charge in [0.2, 0.25) is 0 Å². The van der Waals surface area contributed by atoms with E-state index in [9.17, 15) is 0 Å². The highest BCUT2D eigenvalue weighted by Gasteiger charge is 2.27. The highest BCUT2D eigenvalue weighted by Crippen LogP contribution is 2.34. The summed E-state index contributed by atoms with van der Waals surface area (Å²) in [5.41, 5.74) is 0.933. The van der Waals surface area contributed by atoms with Crippen molar-refractivity contribution in [2.24, 2.45) is 0 Å². The summed E-state index contributed by atoms with van der Waals surface area (Å²) >= 11 is 0. The van der Waals surface area contributed by atoms with Crippen molar-refractivity contribution in [3.8, 4) is 0 Å². The standard InChI is InChI=1S/C10H16N8/c1-2-11-5-8-6-17(15-12-8)7-10-13-14-16-18(10)9-3-4-9/h6,9,11H,2-5,7H2,1H3. The Balaban J connectivity index is 1.67. The van der Waals surface area contributed by atoms with Gasteiger partial charge in [0.05, 0.1) is 17.9 Å². The van der Waals surface area contributed by atoms with E-state index in [-0.39, 0.29) is 0 Å². The predicted molar refractivity (Wildman–Crippen MR) is 62.6 cm³/mol. The van der Waals surface area contributed by atoms with Gasteiger partial charge in [-0.2, -0.15) is 0 Å². The van der Waals surface area contributed by atoms with Gasteiger partial charge in [-0.3, -0.25) is 0 Å². The SMILES string of the molecule is CCNCc1cn(Cc2nnnn2C2CC2)nn1. The van der Waals surface area contributed by atoms with Crippen LogP contribution < -0.4 is 5.32 Å². The Morgan fingerprint density at radius 2 is 2.22 bits per heavy atom. The second-order valence-electron chi connectivity index (χ2n) is 4.46. The molecule has 2 aromatic heterocycles. The van der Waals surface area contributed by atoms with Crippen molar-refractivity contribution in [2.45, 2.75) is 38.9 Å². The fraction of sp³-hybridized carbons (Fsp3) is 0.700. The van der Waals surface area contributed by atoms with Gasteiger partial charge in [0.1, 0.15) is 6.54 Å². The topological polar surface area (TPSA) is 86.3 Å². The first kappa shape index (κ1) is 11.3. The van der Waals surface area contributed by atoms with Gasteiger partial charge in [0, 0.05) is 6.54 Å². The fourth-order valence-electron chi connectivity index (χ4n) is 1.81. The highest BCUT2D eigenvalue weighted by atomic mass is 15.6. The Morgan fingerprint density at radius 3 is 3.00 bits per heavy atom. The summed E-state index contributed by atoms with van der Waals surface area (Å²) in [4.78, 5) is 0. The normalized spacial score (nSPS) is 15.2.